The van der Waals surface area contributed by atoms with Crippen molar-refractivity contribution in [3.63, 3.8) is 0 Å². The zero-order chi connectivity index (χ0) is 20.1. The van der Waals surface area contributed by atoms with Gasteiger partial charge in [-0.15, -0.1) is 0 Å². The van der Waals surface area contributed by atoms with E-state index in [1.54, 1.807) is 24.3 Å². The summed E-state index contributed by atoms with van der Waals surface area (Å²) in [5, 5.41) is 9.05. The van der Waals surface area contributed by atoms with Gasteiger partial charge in [-0.25, -0.2) is 9.78 Å². The maximum Gasteiger partial charge on any atom is 0.337 e. The van der Waals surface area contributed by atoms with E-state index in [2.05, 4.69) is 16.8 Å². The Labute approximate surface area is 162 Å². The quantitative estimate of drug-likeness (QED) is 0.542. The summed E-state index contributed by atoms with van der Waals surface area (Å²) in [5.41, 5.74) is 9.39. The van der Waals surface area contributed by atoms with Crippen LogP contribution in [0, 0.1) is 18.8 Å². The lowest BCUT2D eigenvalue weighted by Gasteiger charge is -2.03. The number of aryl methyl sites for hydroxylation is 1. The number of carbonyl (C=O) groups excluding carboxylic acids is 1. The summed E-state index contributed by atoms with van der Waals surface area (Å²) in [7, 11) is 0. The third kappa shape index (κ3) is 4.63. The molecule has 0 fully saturated rings. The molecule has 5 nitrogen and oxygen atoms in total. The molecule has 0 saturated heterocycles. The number of pyridine rings is 1. The van der Waals surface area contributed by atoms with Crippen LogP contribution in [0.4, 0.5) is 5.82 Å². The van der Waals surface area contributed by atoms with Gasteiger partial charge < -0.3 is 10.8 Å². The van der Waals surface area contributed by atoms with Gasteiger partial charge in [0.1, 0.15) is 5.82 Å². The van der Waals surface area contributed by atoms with Gasteiger partial charge in [-0.05, 0) is 30.7 Å². The molecule has 3 N–H and O–H groups in total. The number of carboxylic acid groups (broad SMARTS) is 1. The molecule has 0 aliphatic carbocycles. The Bertz CT molecular complexity index is 1120. The molecular weight excluding hydrogens is 352 g/mol. The number of carboxylic acids is 1. The summed E-state index contributed by atoms with van der Waals surface area (Å²) in [6, 6.07) is 16.2. The number of hydrogen-bond acceptors (Lipinski definition) is 4. The van der Waals surface area contributed by atoms with Crippen molar-refractivity contribution in [3.8, 4) is 11.8 Å². The van der Waals surface area contributed by atoms with Gasteiger partial charge >= 0.3 is 5.97 Å². The number of rotatable bonds is 4. The number of anilines is 1. The van der Waals surface area contributed by atoms with Crippen molar-refractivity contribution in [1.29, 1.82) is 0 Å². The van der Waals surface area contributed by atoms with Crippen LogP contribution in [0.2, 0.25) is 0 Å². The van der Waals surface area contributed by atoms with Crippen molar-refractivity contribution in [1.82, 2.24) is 4.98 Å². The van der Waals surface area contributed by atoms with E-state index in [9.17, 15) is 9.59 Å². The molecule has 2 aromatic carbocycles. The average molecular weight is 370 g/mol. The molecular formula is C23H18N2O3. The predicted octanol–water partition coefficient (Wildman–Crippen LogP) is 3.50. The molecule has 1 heterocycles. The van der Waals surface area contributed by atoms with E-state index < -0.39 is 5.97 Å². The summed E-state index contributed by atoms with van der Waals surface area (Å²) in [5.74, 6) is 4.82. The number of aromatic nitrogens is 1. The fourth-order valence-electron chi connectivity index (χ4n) is 2.71. The summed E-state index contributed by atoms with van der Waals surface area (Å²) >= 11 is 0. The second-order valence-corrected chi connectivity index (χ2v) is 6.38. The van der Waals surface area contributed by atoms with Gasteiger partial charge in [-0.1, -0.05) is 53.8 Å². The van der Waals surface area contributed by atoms with Gasteiger partial charge in [0.2, 0.25) is 0 Å². The summed E-state index contributed by atoms with van der Waals surface area (Å²) in [6.45, 7) is 1.99. The number of nitrogens with two attached hydrogens (primary N) is 1. The summed E-state index contributed by atoms with van der Waals surface area (Å²) in [4.78, 5) is 27.5. The molecule has 1 aromatic heterocycles. The normalized spacial score (nSPS) is 10.0. The number of nitrogens with zero attached hydrogens (tertiary/aromatic N) is 1. The SMILES string of the molecule is Cc1cccc(CC(=O)c2cccc(C#Cc3cc(C(=O)O)cnc3N)c2)c1. The maximum absolute atomic E-state index is 12.6. The number of hydrogen-bond donors (Lipinski definition) is 2. The Kier molecular flexibility index (Phi) is 5.52. The van der Waals surface area contributed by atoms with Gasteiger partial charge in [0.25, 0.3) is 0 Å². The van der Waals surface area contributed by atoms with Crippen LogP contribution in [0.1, 0.15) is 43.0 Å². The Morgan fingerprint density at radius 1 is 1.04 bits per heavy atom. The highest BCUT2D eigenvalue weighted by Crippen LogP contribution is 2.13. The monoisotopic (exact) mass is 370 g/mol. The van der Waals surface area contributed by atoms with E-state index >= 15 is 0 Å². The number of Topliss-reactive ketones (excluding diaryl/α,β-unsaturated/α-hetero) is 1. The first-order chi connectivity index (χ1) is 13.4. The summed E-state index contributed by atoms with van der Waals surface area (Å²) < 4.78 is 0. The summed E-state index contributed by atoms with van der Waals surface area (Å²) in [6.07, 6.45) is 1.50. The molecule has 0 amide bonds. The minimum absolute atomic E-state index is 0.00306. The molecule has 0 aliphatic heterocycles. The van der Waals surface area contributed by atoms with E-state index in [0.29, 0.717) is 23.1 Å². The van der Waals surface area contributed by atoms with Crippen molar-refractivity contribution >= 4 is 17.6 Å². The zero-order valence-corrected chi connectivity index (χ0v) is 15.3. The van der Waals surface area contributed by atoms with Crippen molar-refractivity contribution in [2.24, 2.45) is 0 Å². The Morgan fingerprint density at radius 3 is 2.57 bits per heavy atom. The van der Waals surface area contributed by atoms with Crippen molar-refractivity contribution in [2.75, 3.05) is 5.73 Å². The molecule has 3 rings (SSSR count). The maximum atomic E-state index is 12.6. The van der Waals surface area contributed by atoms with Crippen LogP contribution < -0.4 is 5.73 Å². The van der Waals surface area contributed by atoms with Gasteiger partial charge in [-0.2, -0.15) is 0 Å². The van der Waals surface area contributed by atoms with E-state index in [4.69, 9.17) is 10.8 Å². The van der Waals surface area contributed by atoms with Crippen LogP contribution in [0.15, 0.2) is 60.8 Å². The highest BCUT2D eigenvalue weighted by Gasteiger charge is 2.08. The molecule has 5 heteroatoms. The van der Waals surface area contributed by atoms with Crippen LogP contribution in [-0.4, -0.2) is 21.8 Å². The largest absolute Gasteiger partial charge is 0.478 e. The Hall–Kier alpha value is -3.91. The smallest absolute Gasteiger partial charge is 0.337 e. The Morgan fingerprint density at radius 2 is 1.82 bits per heavy atom. The van der Waals surface area contributed by atoms with E-state index in [1.807, 2.05) is 31.2 Å². The molecule has 3 aromatic rings. The highest BCUT2D eigenvalue weighted by atomic mass is 16.4. The van der Waals surface area contributed by atoms with Gasteiger partial charge in [0.05, 0.1) is 11.1 Å². The zero-order valence-electron chi connectivity index (χ0n) is 15.3. The standard InChI is InChI=1S/C23H18N2O3/c1-15-4-2-6-17(10-15)12-21(26)18-7-3-5-16(11-18)8-9-19-13-20(23(27)28)14-25-22(19)24/h2-7,10-11,13-14H,12H2,1H3,(H2,24,25)(H,27,28). The number of benzene rings is 2. The molecule has 0 atom stereocenters. The third-order valence-corrected chi connectivity index (χ3v) is 4.14. The molecule has 0 aliphatic rings. The molecule has 28 heavy (non-hydrogen) atoms. The number of nitrogen functional groups attached to an aromatic ring is 1. The minimum atomic E-state index is -1.10. The van der Waals surface area contributed by atoms with E-state index in [1.165, 1.54) is 12.3 Å². The van der Waals surface area contributed by atoms with Crippen LogP contribution in [-0.2, 0) is 6.42 Å². The number of aromatic carboxylic acids is 1. The van der Waals surface area contributed by atoms with E-state index in [-0.39, 0.29) is 17.2 Å². The minimum Gasteiger partial charge on any atom is -0.478 e. The fourth-order valence-corrected chi connectivity index (χ4v) is 2.71. The number of ketones is 1. The third-order valence-electron chi connectivity index (χ3n) is 4.14. The fraction of sp³-hybridized carbons (Fsp3) is 0.0870. The lowest BCUT2D eigenvalue weighted by Crippen LogP contribution is -2.04. The second kappa shape index (κ2) is 8.19. The van der Waals surface area contributed by atoms with Crippen molar-refractivity contribution in [2.45, 2.75) is 13.3 Å². The lowest BCUT2D eigenvalue weighted by molar-refractivity contribution is 0.0696. The van der Waals surface area contributed by atoms with E-state index in [0.717, 1.165) is 11.1 Å². The Balaban J connectivity index is 1.83. The first-order valence-electron chi connectivity index (χ1n) is 8.62. The average Bonchev–Trinajstić information content (AvgIpc) is 2.67. The first-order valence-corrected chi connectivity index (χ1v) is 8.62. The molecule has 0 radical (unpaired) electrons. The molecule has 0 saturated carbocycles. The predicted molar refractivity (Wildman–Crippen MR) is 107 cm³/mol. The lowest BCUT2D eigenvalue weighted by atomic mass is 10.0. The molecule has 0 spiro atoms. The van der Waals surface area contributed by atoms with Crippen molar-refractivity contribution < 1.29 is 14.7 Å². The van der Waals surface area contributed by atoms with Gasteiger partial charge in [0, 0.05) is 23.7 Å². The molecule has 0 bridgehead atoms. The molecule has 0 unspecified atom stereocenters. The van der Waals surface area contributed by atoms with Crippen LogP contribution in [0.3, 0.4) is 0 Å². The van der Waals surface area contributed by atoms with Crippen LogP contribution in [0.5, 0.6) is 0 Å². The highest BCUT2D eigenvalue weighted by molar-refractivity contribution is 5.97. The van der Waals surface area contributed by atoms with Gasteiger partial charge in [-0.3, -0.25) is 4.79 Å². The first kappa shape index (κ1) is 18.9. The van der Waals surface area contributed by atoms with Crippen LogP contribution in [0.25, 0.3) is 0 Å². The number of carbonyl (C=O) groups is 2. The van der Waals surface area contributed by atoms with Gasteiger partial charge in [0.15, 0.2) is 5.78 Å². The molecule has 138 valence electrons. The second-order valence-electron chi connectivity index (χ2n) is 6.38. The van der Waals surface area contributed by atoms with Crippen molar-refractivity contribution in [3.05, 3.63) is 94.2 Å². The van der Waals surface area contributed by atoms with Crippen LogP contribution >= 0.6 is 0 Å². The topological polar surface area (TPSA) is 93.3 Å².